The number of aromatic nitrogens is 6. The third-order valence-electron chi connectivity index (χ3n) is 3.49. The molecular formula is C16H14N6. The highest BCUT2D eigenvalue weighted by atomic mass is 15.0. The number of nitrogens with one attached hydrogen (secondary N) is 1. The van der Waals surface area contributed by atoms with Crippen LogP contribution in [0.15, 0.2) is 68.0 Å². The summed E-state index contributed by atoms with van der Waals surface area (Å²) in [6.45, 7) is 0. The van der Waals surface area contributed by atoms with Crippen molar-refractivity contribution in [3.8, 4) is 11.4 Å². The Bertz CT molecular complexity index is 792. The van der Waals surface area contributed by atoms with Crippen LogP contribution < -0.4 is 0 Å². The summed E-state index contributed by atoms with van der Waals surface area (Å²) in [5.41, 5.74) is 3.29. The zero-order valence-electron chi connectivity index (χ0n) is 11.8. The zero-order valence-corrected chi connectivity index (χ0v) is 11.8. The normalized spacial score (nSPS) is 10.9. The van der Waals surface area contributed by atoms with Gasteiger partial charge in [0.25, 0.3) is 0 Å². The van der Waals surface area contributed by atoms with Crippen LogP contribution in [-0.4, -0.2) is 29.1 Å². The van der Waals surface area contributed by atoms with Gasteiger partial charge in [-0.1, -0.05) is 0 Å². The van der Waals surface area contributed by atoms with Gasteiger partial charge in [-0.25, -0.2) is 15.0 Å². The molecule has 4 rings (SSSR count). The molecule has 4 aromatic rings. The fraction of sp³-hybridized carbons (Fsp3) is 0.0625. The SMILES string of the molecule is c1cn(-c2cc(Cc3ncc[nH]3)cc(-n3ccnc3)c2)cn1. The van der Waals surface area contributed by atoms with Crippen molar-refractivity contribution < 1.29 is 0 Å². The van der Waals surface area contributed by atoms with Gasteiger partial charge in [0.05, 0.1) is 12.7 Å². The Hall–Kier alpha value is -3.15. The van der Waals surface area contributed by atoms with Crippen LogP contribution in [0.4, 0.5) is 0 Å². The van der Waals surface area contributed by atoms with E-state index in [1.165, 1.54) is 5.56 Å². The van der Waals surface area contributed by atoms with E-state index in [-0.39, 0.29) is 0 Å². The Morgan fingerprint density at radius 1 is 0.864 bits per heavy atom. The fourth-order valence-corrected chi connectivity index (χ4v) is 2.47. The smallest absolute Gasteiger partial charge is 0.110 e. The van der Waals surface area contributed by atoms with E-state index in [2.05, 4.69) is 38.1 Å². The van der Waals surface area contributed by atoms with E-state index in [0.29, 0.717) is 0 Å². The standard InChI is InChI=1S/C16H14N6/c1-2-20-16(19-1)9-13-7-14(21-5-3-17-11-21)10-15(8-13)22-6-4-18-12-22/h1-8,10-12H,9H2,(H,19,20). The number of benzene rings is 1. The van der Waals surface area contributed by atoms with E-state index in [0.717, 1.165) is 23.6 Å². The second-order valence-corrected chi connectivity index (χ2v) is 5.01. The van der Waals surface area contributed by atoms with Gasteiger partial charge in [0.2, 0.25) is 0 Å². The summed E-state index contributed by atoms with van der Waals surface area (Å²) in [4.78, 5) is 15.7. The summed E-state index contributed by atoms with van der Waals surface area (Å²) in [5, 5.41) is 0. The van der Waals surface area contributed by atoms with Crippen molar-refractivity contribution in [1.29, 1.82) is 0 Å². The van der Waals surface area contributed by atoms with Crippen LogP contribution in [0.5, 0.6) is 0 Å². The fourth-order valence-electron chi connectivity index (χ4n) is 2.47. The van der Waals surface area contributed by atoms with E-state index in [9.17, 15) is 0 Å². The summed E-state index contributed by atoms with van der Waals surface area (Å²) in [6, 6.07) is 6.39. The van der Waals surface area contributed by atoms with Crippen molar-refractivity contribution in [2.24, 2.45) is 0 Å². The number of H-pyrrole nitrogens is 1. The van der Waals surface area contributed by atoms with Gasteiger partial charge >= 0.3 is 0 Å². The van der Waals surface area contributed by atoms with Crippen LogP contribution in [0.2, 0.25) is 0 Å². The Morgan fingerprint density at radius 3 is 2.05 bits per heavy atom. The third kappa shape index (κ3) is 2.42. The van der Waals surface area contributed by atoms with E-state index >= 15 is 0 Å². The van der Waals surface area contributed by atoms with Gasteiger partial charge in [-0.15, -0.1) is 0 Å². The lowest BCUT2D eigenvalue weighted by atomic mass is 10.1. The lowest BCUT2D eigenvalue weighted by Gasteiger charge is -2.10. The molecule has 0 unspecified atom stereocenters. The molecule has 1 N–H and O–H groups in total. The Balaban J connectivity index is 1.80. The Morgan fingerprint density at radius 2 is 1.55 bits per heavy atom. The maximum atomic E-state index is 4.30. The third-order valence-corrected chi connectivity index (χ3v) is 3.49. The van der Waals surface area contributed by atoms with E-state index < -0.39 is 0 Å². The summed E-state index contributed by atoms with van der Waals surface area (Å²) in [7, 11) is 0. The van der Waals surface area contributed by atoms with Crippen molar-refractivity contribution in [3.05, 3.63) is 79.4 Å². The molecule has 108 valence electrons. The second-order valence-electron chi connectivity index (χ2n) is 5.01. The van der Waals surface area contributed by atoms with Gasteiger partial charge < -0.3 is 14.1 Å². The summed E-state index contributed by atoms with van der Waals surface area (Å²) in [5.74, 6) is 0.944. The Labute approximate surface area is 127 Å². The molecular weight excluding hydrogens is 276 g/mol. The molecule has 0 saturated carbocycles. The molecule has 0 spiro atoms. The van der Waals surface area contributed by atoms with Crippen LogP contribution >= 0.6 is 0 Å². The number of imidazole rings is 3. The van der Waals surface area contributed by atoms with E-state index in [1.54, 1.807) is 31.2 Å². The topological polar surface area (TPSA) is 64.3 Å². The first-order valence-corrected chi connectivity index (χ1v) is 6.97. The van der Waals surface area contributed by atoms with Crippen LogP contribution in [0, 0.1) is 0 Å². The van der Waals surface area contributed by atoms with E-state index in [4.69, 9.17) is 0 Å². The maximum absolute atomic E-state index is 4.30. The monoisotopic (exact) mass is 290 g/mol. The molecule has 6 nitrogen and oxygen atoms in total. The highest BCUT2D eigenvalue weighted by Crippen LogP contribution is 2.19. The maximum Gasteiger partial charge on any atom is 0.110 e. The van der Waals surface area contributed by atoms with Gasteiger partial charge in [-0.2, -0.15) is 0 Å². The molecule has 0 radical (unpaired) electrons. The van der Waals surface area contributed by atoms with Gasteiger partial charge in [0.15, 0.2) is 0 Å². The number of nitrogens with zero attached hydrogens (tertiary/aromatic N) is 5. The van der Waals surface area contributed by atoms with Crippen molar-refractivity contribution in [3.63, 3.8) is 0 Å². The van der Waals surface area contributed by atoms with Gasteiger partial charge in [-0.05, 0) is 23.8 Å². The summed E-state index contributed by atoms with van der Waals surface area (Å²) >= 11 is 0. The number of rotatable bonds is 4. The minimum absolute atomic E-state index is 0.747. The predicted octanol–water partition coefficient (Wildman–Crippen LogP) is 2.37. The van der Waals surface area contributed by atoms with Crippen LogP contribution in [-0.2, 0) is 6.42 Å². The van der Waals surface area contributed by atoms with Gasteiger partial charge in [0.1, 0.15) is 5.82 Å². The molecule has 0 fully saturated rings. The predicted molar refractivity (Wildman–Crippen MR) is 82.1 cm³/mol. The highest BCUT2D eigenvalue weighted by molar-refractivity contribution is 5.48. The van der Waals surface area contributed by atoms with Crippen molar-refractivity contribution in [2.45, 2.75) is 6.42 Å². The molecule has 1 aromatic carbocycles. The average molecular weight is 290 g/mol. The molecule has 0 saturated heterocycles. The molecule has 0 aliphatic carbocycles. The quantitative estimate of drug-likeness (QED) is 0.627. The first-order chi connectivity index (χ1) is 10.9. The van der Waals surface area contributed by atoms with Gasteiger partial charge in [0, 0.05) is 55.0 Å². The number of hydrogen-bond acceptors (Lipinski definition) is 3. The van der Waals surface area contributed by atoms with E-state index in [1.807, 2.05) is 27.7 Å². The molecule has 3 heterocycles. The average Bonchev–Trinajstić information content (AvgIpc) is 3.29. The van der Waals surface area contributed by atoms with Gasteiger partial charge in [-0.3, -0.25) is 0 Å². The molecule has 0 atom stereocenters. The lowest BCUT2D eigenvalue weighted by Crippen LogP contribution is -1.99. The summed E-state index contributed by atoms with van der Waals surface area (Å²) in [6.07, 6.45) is 15.4. The van der Waals surface area contributed by atoms with Crippen LogP contribution in [0.1, 0.15) is 11.4 Å². The second kappa shape index (κ2) is 5.33. The molecule has 6 heteroatoms. The van der Waals surface area contributed by atoms with Crippen molar-refractivity contribution in [1.82, 2.24) is 29.1 Å². The number of hydrogen-bond donors (Lipinski definition) is 1. The Kier molecular flexibility index (Phi) is 3.05. The largest absolute Gasteiger partial charge is 0.348 e. The summed E-state index contributed by atoms with van der Waals surface area (Å²) < 4.78 is 3.98. The highest BCUT2D eigenvalue weighted by Gasteiger charge is 2.06. The first-order valence-electron chi connectivity index (χ1n) is 6.97. The van der Waals surface area contributed by atoms with Crippen LogP contribution in [0.3, 0.4) is 0 Å². The molecule has 0 aliphatic heterocycles. The molecule has 0 bridgehead atoms. The minimum Gasteiger partial charge on any atom is -0.348 e. The first kappa shape index (κ1) is 12.6. The lowest BCUT2D eigenvalue weighted by molar-refractivity contribution is 0.984. The molecule has 0 amide bonds. The minimum atomic E-state index is 0.747. The molecule has 3 aromatic heterocycles. The van der Waals surface area contributed by atoms with Crippen molar-refractivity contribution in [2.75, 3.05) is 0 Å². The van der Waals surface area contributed by atoms with Crippen molar-refractivity contribution >= 4 is 0 Å². The number of aromatic amines is 1. The van der Waals surface area contributed by atoms with Crippen LogP contribution in [0.25, 0.3) is 11.4 Å². The zero-order chi connectivity index (χ0) is 14.8. The molecule has 0 aliphatic rings. The molecule has 22 heavy (non-hydrogen) atoms.